The Morgan fingerprint density at radius 3 is 2.09 bits per heavy atom. The van der Waals surface area contributed by atoms with E-state index >= 15 is 0 Å². The number of nitrogens with zero attached hydrogens (tertiary/aromatic N) is 3. The number of amides is 1. The summed E-state index contributed by atoms with van der Waals surface area (Å²) in [5.74, 6) is -2.66. The molecule has 23 heavy (non-hydrogen) atoms. The van der Waals surface area contributed by atoms with Crippen molar-refractivity contribution in [2.75, 3.05) is 33.2 Å². The Bertz CT molecular complexity index is 538. The van der Waals surface area contributed by atoms with E-state index in [1.807, 2.05) is 24.0 Å². The third-order valence-corrected chi connectivity index (χ3v) is 3.19. The zero-order chi connectivity index (χ0) is 17.6. The molecule has 6 nitrogen and oxygen atoms in total. The second-order valence-electron chi connectivity index (χ2n) is 5.09. The van der Waals surface area contributed by atoms with Crippen LogP contribution in [-0.2, 0) is 4.79 Å². The molecule has 1 aliphatic rings. The SMILES string of the molecule is Cc1ccc(C(=O)N2CCN(C)CC2)cn1.O=C(O)C(F)(F)F. The van der Waals surface area contributed by atoms with Crippen molar-refractivity contribution in [1.82, 2.24) is 14.8 Å². The number of piperazine rings is 1. The predicted molar refractivity (Wildman–Crippen MR) is 76.1 cm³/mol. The van der Waals surface area contributed by atoms with Crippen molar-refractivity contribution in [3.8, 4) is 0 Å². The van der Waals surface area contributed by atoms with E-state index in [-0.39, 0.29) is 5.91 Å². The van der Waals surface area contributed by atoms with Crippen LogP contribution in [0.4, 0.5) is 13.2 Å². The number of carbonyl (C=O) groups excluding carboxylic acids is 1. The van der Waals surface area contributed by atoms with E-state index in [1.54, 1.807) is 6.20 Å². The molecule has 2 rings (SSSR count). The van der Waals surface area contributed by atoms with Crippen molar-refractivity contribution in [2.45, 2.75) is 13.1 Å². The quantitative estimate of drug-likeness (QED) is 0.841. The third kappa shape index (κ3) is 6.23. The van der Waals surface area contributed by atoms with Crippen molar-refractivity contribution in [2.24, 2.45) is 0 Å². The molecule has 2 heterocycles. The fraction of sp³-hybridized carbons (Fsp3) is 0.500. The molecule has 9 heteroatoms. The number of rotatable bonds is 1. The molecule has 0 radical (unpaired) electrons. The molecule has 1 aromatic heterocycles. The number of hydrogen-bond acceptors (Lipinski definition) is 4. The first-order valence-electron chi connectivity index (χ1n) is 6.82. The van der Waals surface area contributed by atoms with Crippen molar-refractivity contribution < 1.29 is 27.9 Å². The fourth-order valence-corrected chi connectivity index (χ4v) is 1.79. The van der Waals surface area contributed by atoms with E-state index in [0.717, 1.165) is 31.9 Å². The van der Waals surface area contributed by atoms with Gasteiger partial charge in [0.25, 0.3) is 5.91 Å². The number of carboxylic acids is 1. The number of hydrogen-bond donors (Lipinski definition) is 1. The lowest BCUT2D eigenvalue weighted by molar-refractivity contribution is -0.192. The molecule has 1 aromatic rings. The molecule has 0 unspecified atom stereocenters. The van der Waals surface area contributed by atoms with Crippen LogP contribution in [0, 0.1) is 6.92 Å². The van der Waals surface area contributed by atoms with Crippen LogP contribution in [0.2, 0.25) is 0 Å². The van der Waals surface area contributed by atoms with Gasteiger partial charge in [-0.3, -0.25) is 9.78 Å². The average molecular weight is 333 g/mol. The monoisotopic (exact) mass is 333 g/mol. The zero-order valence-corrected chi connectivity index (χ0v) is 12.8. The van der Waals surface area contributed by atoms with Crippen LogP contribution < -0.4 is 0 Å². The Labute approximate surface area is 131 Å². The van der Waals surface area contributed by atoms with Gasteiger partial charge in [0.05, 0.1) is 5.56 Å². The number of aliphatic carboxylic acids is 1. The zero-order valence-electron chi connectivity index (χ0n) is 12.8. The van der Waals surface area contributed by atoms with Crippen LogP contribution in [0.15, 0.2) is 18.3 Å². The average Bonchev–Trinajstić information content (AvgIpc) is 2.48. The summed E-state index contributed by atoms with van der Waals surface area (Å²) in [5, 5.41) is 7.12. The summed E-state index contributed by atoms with van der Waals surface area (Å²) in [4.78, 5) is 29.3. The lowest BCUT2D eigenvalue weighted by Crippen LogP contribution is -2.47. The van der Waals surface area contributed by atoms with Gasteiger partial charge in [-0.15, -0.1) is 0 Å². The van der Waals surface area contributed by atoms with Crippen LogP contribution in [-0.4, -0.2) is 71.2 Å². The van der Waals surface area contributed by atoms with Gasteiger partial charge in [0.2, 0.25) is 0 Å². The lowest BCUT2D eigenvalue weighted by atomic mass is 10.2. The minimum Gasteiger partial charge on any atom is -0.475 e. The molecule has 1 aliphatic heterocycles. The van der Waals surface area contributed by atoms with Gasteiger partial charge < -0.3 is 14.9 Å². The van der Waals surface area contributed by atoms with E-state index in [0.29, 0.717) is 5.56 Å². The van der Waals surface area contributed by atoms with Gasteiger partial charge in [0, 0.05) is 38.1 Å². The van der Waals surface area contributed by atoms with Crippen molar-refractivity contribution in [3.63, 3.8) is 0 Å². The van der Waals surface area contributed by atoms with Gasteiger partial charge in [-0.25, -0.2) is 4.79 Å². The van der Waals surface area contributed by atoms with Crippen LogP contribution in [0.3, 0.4) is 0 Å². The van der Waals surface area contributed by atoms with E-state index < -0.39 is 12.1 Å². The number of carbonyl (C=O) groups is 2. The number of carboxylic acid groups (broad SMARTS) is 1. The van der Waals surface area contributed by atoms with E-state index in [4.69, 9.17) is 9.90 Å². The first-order valence-corrected chi connectivity index (χ1v) is 6.82. The molecule has 0 bridgehead atoms. The van der Waals surface area contributed by atoms with Gasteiger partial charge in [0.1, 0.15) is 0 Å². The number of aryl methyl sites for hydroxylation is 1. The third-order valence-electron chi connectivity index (χ3n) is 3.19. The topological polar surface area (TPSA) is 73.7 Å². The predicted octanol–water partition coefficient (Wildman–Crippen LogP) is 1.41. The maximum atomic E-state index is 12.1. The van der Waals surface area contributed by atoms with Crippen LogP contribution in [0.5, 0.6) is 0 Å². The highest BCUT2D eigenvalue weighted by atomic mass is 19.4. The lowest BCUT2D eigenvalue weighted by Gasteiger charge is -2.32. The van der Waals surface area contributed by atoms with E-state index in [2.05, 4.69) is 16.9 Å². The number of pyridine rings is 1. The van der Waals surface area contributed by atoms with Gasteiger partial charge in [-0.2, -0.15) is 13.2 Å². The van der Waals surface area contributed by atoms with Crippen molar-refractivity contribution >= 4 is 11.9 Å². The Balaban J connectivity index is 0.000000322. The Morgan fingerprint density at radius 1 is 1.17 bits per heavy atom. The first kappa shape index (κ1) is 18.9. The maximum absolute atomic E-state index is 12.1. The number of likely N-dealkylation sites (N-methyl/N-ethyl adjacent to an activating group) is 1. The Kier molecular flexibility index (Phi) is 6.49. The van der Waals surface area contributed by atoms with Crippen LogP contribution >= 0.6 is 0 Å². The highest BCUT2D eigenvalue weighted by Gasteiger charge is 2.38. The fourth-order valence-electron chi connectivity index (χ4n) is 1.79. The molecule has 1 fully saturated rings. The minimum absolute atomic E-state index is 0.0978. The Morgan fingerprint density at radius 2 is 1.70 bits per heavy atom. The standard InChI is InChI=1S/C12H17N3O.C2HF3O2/c1-10-3-4-11(9-13-10)12(16)15-7-5-14(2)6-8-15;3-2(4,5)1(6)7/h3-4,9H,5-8H2,1-2H3;(H,6,7). The highest BCUT2D eigenvalue weighted by Crippen LogP contribution is 2.13. The Hall–Kier alpha value is -2.16. The number of alkyl halides is 3. The number of aromatic nitrogens is 1. The second-order valence-corrected chi connectivity index (χ2v) is 5.09. The minimum atomic E-state index is -5.08. The maximum Gasteiger partial charge on any atom is 0.490 e. The summed E-state index contributed by atoms with van der Waals surface area (Å²) in [6.45, 7) is 5.44. The number of halogens is 3. The smallest absolute Gasteiger partial charge is 0.475 e. The molecule has 0 aliphatic carbocycles. The summed E-state index contributed by atoms with van der Waals surface area (Å²) in [6, 6.07) is 3.73. The molecule has 1 N–H and O–H groups in total. The molecule has 0 saturated carbocycles. The molecule has 0 atom stereocenters. The largest absolute Gasteiger partial charge is 0.490 e. The molecule has 128 valence electrons. The van der Waals surface area contributed by atoms with Crippen molar-refractivity contribution in [1.29, 1.82) is 0 Å². The van der Waals surface area contributed by atoms with Crippen LogP contribution in [0.25, 0.3) is 0 Å². The molecular weight excluding hydrogens is 315 g/mol. The summed E-state index contributed by atoms with van der Waals surface area (Å²) in [7, 11) is 2.08. The molecule has 1 saturated heterocycles. The van der Waals surface area contributed by atoms with E-state index in [1.165, 1.54) is 0 Å². The van der Waals surface area contributed by atoms with Gasteiger partial charge >= 0.3 is 12.1 Å². The summed E-state index contributed by atoms with van der Waals surface area (Å²) in [5.41, 5.74) is 1.63. The first-order chi connectivity index (χ1) is 10.6. The normalized spacial score (nSPS) is 15.6. The van der Waals surface area contributed by atoms with Gasteiger partial charge in [0.15, 0.2) is 0 Å². The molecule has 1 amide bonds. The molecule has 0 spiro atoms. The molecule has 0 aromatic carbocycles. The highest BCUT2D eigenvalue weighted by molar-refractivity contribution is 5.94. The summed E-state index contributed by atoms with van der Waals surface area (Å²) >= 11 is 0. The van der Waals surface area contributed by atoms with Gasteiger partial charge in [-0.1, -0.05) is 0 Å². The summed E-state index contributed by atoms with van der Waals surface area (Å²) in [6.07, 6.45) is -3.42. The van der Waals surface area contributed by atoms with E-state index in [9.17, 15) is 18.0 Å². The molecular formula is C14H18F3N3O3. The van der Waals surface area contributed by atoms with Crippen LogP contribution in [0.1, 0.15) is 16.1 Å². The second kappa shape index (κ2) is 7.91. The summed E-state index contributed by atoms with van der Waals surface area (Å²) < 4.78 is 31.7. The van der Waals surface area contributed by atoms with Crippen molar-refractivity contribution in [3.05, 3.63) is 29.6 Å². The van der Waals surface area contributed by atoms with Gasteiger partial charge in [-0.05, 0) is 26.1 Å².